The second-order valence-corrected chi connectivity index (χ2v) is 3.71. The van der Waals surface area contributed by atoms with Crippen molar-refractivity contribution in [3.8, 4) is 0 Å². The van der Waals surface area contributed by atoms with Crippen LogP contribution < -0.4 is 0 Å². The van der Waals surface area contributed by atoms with E-state index < -0.39 is 0 Å². The third-order valence-electron chi connectivity index (χ3n) is 1.81. The van der Waals surface area contributed by atoms with Crippen LogP contribution in [-0.4, -0.2) is 5.78 Å². The SMILES string of the molecule is C/C=C/C(=O)/C=C(\C)CCC=C(C)C. The molecule has 0 aromatic rings. The van der Waals surface area contributed by atoms with Gasteiger partial charge in [-0.05, 0) is 52.7 Å². The van der Waals surface area contributed by atoms with Crippen LogP contribution in [0, 0.1) is 0 Å². The zero-order valence-corrected chi connectivity index (χ0v) is 9.63. The lowest BCUT2D eigenvalue weighted by Gasteiger charge is -1.96. The van der Waals surface area contributed by atoms with Crippen LogP contribution >= 0.6 is 0 Å². The molecule has 0 spiro atoms. The van der Waals surface area contributed by atoms with Crippen molar-refractivity contribution in [2.45, 2.75) is 40.5 Å². The van der Waals surface area contributed by atoms with E-state index in [1.54, 1.807) is 18.2 Å². The van der Waals surface area contributed by atoms with E-state index in [9.17, 15) is 4.79 Å². The van der Waals surface area contributed by atoms with Gasteiger partial charge in [0.15, 0.2) is 5.78 Å². The fraction of sp³-hybridized carbons (Fsp3) is 0.462. The number of carbonyl (C=O) groups excluding carboxylic acids is 1. The maximum atomic E-state index is 11.2. The first kappa shape index (κ1) is 12.9. The molecule has 0 saturated carbocycles. The fourth-order valence-electron chi connectivity index (χ4n) is 1.12. The summed E-state index contributed by atoms with van der Waals surface area (Å²) >= 11 is 0. The van der Waals surface area contributed by atoms with Gasteiger partial charge in [-0.2, -0.15) is 0 Å². The van der Waals surface area contributed by atoms with Crippen molar-refractivity contribution in [1.29, 1.82) is 0 Å². The summed E-state index contributed by atoms with van der Waals surface area (Å²) in [5, 5.41) is 0. The van der Waals surface area contributed by atoms with Crippen LogP contribution in [0.2, 0.25) is 0 Å². The fourth-order valence-corrected chi connectivity index (χ4v) is 1.12. The summed E-state index contributed by atoms with van der Waals surface area (Å²) < 4.78 is 0. The molecule has 0 fully saturated rings. The molecular formula is C13H20O. The summed E-state index contributed by atoms with van der Waals surface area (Å²) in [5.41, 5.74) is 2.48. The Bertz CT molecular complexity index is 263. The largest absolute Gasteiger partial charge is 0.290 e. The molecule has 0 amide bonds. The number of allylic oxidation sites excluding steroid dienone is 6. The van der Waals surface area contributed by atoms with E-state index in [0.717, 1.165) is 18.4 Å². The van der Waals surface area contributed by atoms with E-state index in [2.05, 4.69) is 19.9 Å². The molecule has 0 unspecified atom stereocenters. The van der Waals surface area contributed by atoms with Gasteiger partial charge in [-0.25, -0.2) is 0 Å². The van der Waals surface area contributed by atoms with Gasteiger partial charge in [-0.1, -0.05) is 23.3 Å². The van der Waals surface area contributed by atoms with E-state index in [0.29, 0.717) is 0 Å². The smallest absolute Gasteiger partial charge is 0.178 e. The van der Waals surface area contributed by atoms with Gasteiger partial charge in [0.2, 0.25) is 0 Å². The minimum absolute atomic E-state index is 0.0854. The standard InChI is InChI=1S/C13H20O/c1-5-7-13(14)10-12(4)9-6-8-11(2)3/h5,7-8,10H,6,9H2,1-4H3/b7-5+,12-10+. The Morgan fingerprint density at radius 3 is 2.36 bits per heavy atom. The molecule has 0 aliphatic heterocycles. The number of carbonyl (C=O) groups is 1. The molecule has 0 heterocycles. The van der Waals surface area contributed by atoms with Gasteiger partial charge in [-0.15, -0.1) is 0 Å². The highest BCUT2D eigenvalue weighted by molar-refractivity contribution is 5.99. The average Bonchev–Trinajstić information content (AvgIpc) is 2.03. The average molecular weight is 192 g/mol. The quantitative estimate of drug-likeness (QED) is 0.478. The van der Waals surface area contributed by atoms with Gasteiger partial charge < -0.3 is 0 Å². The Kier molecular flexibility index (Phi) is 6.73. The Balaban J connectivity index is 4.01. The van der Waals surface area contributed by atoms with E-state index in [-0.39, 0.29) is 5.78 Å². The van der Waals surface area contributed by atoms with Crippen molar-refractivity contribution < 1.29 is 4.79 Å². The molecule has 78 valence electrons. The van der Waals surface area contributed by atoms with Crippen LogP contribution in [0.15, 0.2) is 35.5 Å². The van der Waals surface area contributed by atoms with Crippen LogP contribution in [0.4, 0.5) is 0 Å². The normalized spacial score (nSPS) is 11.9. The predicted molar refractivity (Wildman–Crippen MR) is 62.2 cm³/mol. The first-order valence-corrected chi connectivity index (χ1v) is 5.03. The molecule has 0 radical (unpaired) electrons. The van der Waals surface area contributed by atoms with Crippen LogP contribution in [-0.2, 0) is 4.79 Å². The minimum Gasteiger partial charge on any atom is -0.290 e. The molecule has 1 heteroatoms. The Morgan fingerprint density at radius 1 is 1.21 bits per heavy atom. The molecule has 0 aromatic carbocycles. The van der Waals surface area contributed by atoms with Crippen molar-refractivity contribution in [1.82, 2.24) is 0 Å². The predicted octanol–water partition coefficient (Wildman–Crippen LogP) is 3.82. The molecule has 14 heavy (non-hydrogen) atoms. The zero-order chi connectivity index (χ0) is 11.0. The van der Waals surface area contributed by atoms with Crippen LogP contribution in [0.3, 0.4) is 0 Å². The summed E-state index contributed by atoms with van der Waals surface area (Å²) in [6, 6.07) is 0. The lowest BCUT2D eigenvalue weighted by Crippen LogP contribution is -1.88. The van der Waals surface area contributed by atoms with Gasteiger partial charge >= 0.3 is 0 Å². The van der Waals surface area contributed by atoms with Crippen LogP contribution in [0.5, 0.6) is 0 Å². The molecule has 0 N–H and O–H groups in total. The van der Waals surface area contributed by atoms with Crippen molar-refractivity contribution in [3.63, 3.8) is 0 Å². The van der Waals surface area contributed by atoms with E-state index in [1.165, 1.54) is 5.57 Å². The summed E-state index contributed by atoms with van der Waals surface area (Å²) in [6.07, 6.45) is 9.24. The lowest BCUT2D eigenvalue weighted by molar-refractivity contribution is -0.110. The van der Waals surface area contributed by atoms with E-state index in [1.807, 2.05) is 13.8 Å². The molecule has 0 aliphatic rings. The Hall–Kier alpha value is -1.11. The number of hydrogen-bond donors (Lipinski definition) is 0. The van der Waals surface area contributed by atoms with E-state index >= 15 is 0 Å². The maximum absolute atomic E-state index is 11.2. The highest BCUT2D eigenvalue weighted by atomic mass is 16.1. The molecule has 1 nitrogen and oxygen atoms in total. The van der Waals surface area contributed by atoms with Gasteiger partial charge in [0.05, 0.1) is 0 Å². The number of ketones is 1. The molecular weight excluding hydrogens is 172 g/mol. The summed E-state index contributed by atoms with van der Waals surface area (Å²) in [7, 11) is 0. The zero-order valence-electron chi connectivity index (χ0n) is 9.63. The molecule has 0 atom stereocenters. The molecule has 0 aromatic heterocycles. The van der Waals surface area contributed by atoms with Crippen molar-refractivity contribution in [3.05, 3.63) is 35.5 Å². The second-order valence-electron chi connectivity index (χ2n) is 3.71. The Labute approximate surface area is 87.2 Å². The van der Waals surface area contributed by atoms with Gasteiger partial charge in [-0.3, -0.25) is 4.79 Å². The highest BCUT2D eigenvalue weighted by Crippen LogP contribution is 2.06. The second kappa shape index (κ2) is 7.31. The van der Waals surface area contributed by atoms with Gasteiger partial charge in [0.1, 0.15) is 0 Å². The third-order valence-corrected chi connectivity index (χ3v) is 1.81. The summed E-state index contributed by atoms with van der Waals surface area (Å²) in [4.78, 5) is 11.2. The van der Waals surface area contributed by atoms with Crippen molar-refractivity contribution in [2.24, 2.45) is 0 Å². The van der Waals surface area contributed by atoms with Crippen molar-refractivity contribution in [2.75, 3.05) is 0 Å². The highest BCUT2D eigenvalue weighted by Gasteiger charge is 1.93. The van der Waals surface area contributed by atoms with Crippen LogP contribution in [0.25, 0.3) is 0 Å². The van der Waals surface area contributed by atoms with Crippen LogP contribution in [0.1, 0.15) is 40.5 Å². The summed E-state index contributed by atoms with van der Waals surface area (Å²) in [5.74, 6) is 0.0854. The Morgan fingerprint density at radius 2 is 1.86 bits per heavy atom. The first-order chi connectivity index (χ1) is 6.56. The first-order valence-electron chi connectivity index (χ1n) is 5.03. The maximum Gasteiger partial charge on any atom is 0.178 e. The topological polar surface area (TPSA) is 17.1 Å². The molecule has 0 bridgehead atoms. The third kappa shape index (κ3) is 7.53. The monoisotopic (exact) mass is 192 g/mol. The number of hydrogen-bond acceptors (Lipinski definition) is 1. The van der Waals surface area contributed by atoms with Gasteiger partial charge in [0, 0.05) is 0 Å². The summed E-state index contributed by atoms with van der Waals surface area (Å²) in [6.45, 7) is 8.03. The molecule has 0 saturated heterocycles. The lowest BCUT2D eigenvalue weighted by atomic mass is 10.1. The molecule has 0 rings (SSSR count). The number of rotatable bonds is 5. The van der Waals surface area contributed by atoms with Gasteiger partial charge in [0.25, 0.3) is 0 Å². The van der Waals surface area contributed by atoms with E-state index in [4.69, 9.17) is 0 Å². The minimum atomic E-state index is 0.0854. The molecule has 0 aliphatic carbocycles. The van der Waals surface area contributed by atoms with Crippen molar-refractivity contribution >= 4 is 5.78 Å².